The Labute approximate surface area is 159 Å². The molecule has 0 bridgehead atoms. The second kappa shape index (κ2) is 9.86. The Morgan fingerprint density at radius 1 is 0.778 bits per heavy atom. The first-order valence-corrected chi connectivity index (χ1v) is 9.59. The van der Waals surface area contributed by atoms with E-state index < -0.39 is 0 Å². The third kappa shape index (κ3) is 5.64. The van der Waals surface area contributed by atoms with E-state index in [2.05, 4.69) is 17.1 Å². The molecule has 142 valence electrons. The number of hydrogen-bond acceptors (Lipinski definition) is 4. The average molecular weight is 368 g/mol. The summed E-state index contributed by atoms with van der Waals surface area (Å²) in [4.78, 5) is 0. The van der Waals surface area contributed by atoms with Crippen molar-refractivity contribution in [2.24, 2.45) is 0 Å². The van der Waals surface area contributed by atoms with Gasteiger partial charge in [0.25, 0.3) is 0 Å². The van der Waals surface area contributed by atoms with Crippen LogP contribution < -0.4 is 4.74 Å². The molecule has 27 heavy (non-hydrogen) atoms. The number of ether oxygens (including phenoxy) is 1. The van der Waals surface area contributed by atoms with E-state index in [-0.39, 0.29) is 5.82 Å². The van der Waals surface area contributed by atoms with E-state index in [0.29, 0.717) is 17.3 Å². The predicted octanol–water partition coefficient (Wildman–Crippen LogP) is 6.28. The van der Waals surface area contributed by atoms with Crippen LogP contribution in [-0.2, 0) is 0 Å². The van der Waals surface area contributed by atoms with Gasteiger partial charge in [-0.1, -0.05) is 39.0 Å². The van der Waals surface area contributed by atoms with E-state index >= 15 is 0 Å². The predicted molar refractivity (Wildman–Crippen MR) is 104 cm³/mol. The molecule has 2 aromatic carbocycles. The first-order chi connectivity index (χ1) is 13.3. The number of benzene rings is 2. The molecule has 0 spiro atoms. The van der Waals surface area contributed by atoms with E-state index in [9.17, 15) is 4.39 Å². The maximum absolute atomic E-state index is 13.0. The van der Waals surface area contributed by atoms with Crippen LogP contribution in [0.1, 0.15) is 45.4 Å². The summed E-state index contributed by atoms with van der Waals surface area (Å²) in [5.74, 6) is 1.34. The van der Waals surface area contributed by atoms with Gasteiger partial charge >= 0.3 is 0 Å². The monoisotopic (exact) mass is 368 g/mol. The van der Waals surface area contributed by atoms with Crippen molar-refractivity contribution in [1.82, 2.24) is 10.2 Å². The van der Waals surface area contributed by atoms with Gasteiger partial charge in [-0.3, -0.25) is 0 Å². The van der Waals surface area contributed by atoms with Crippen LogP contribution >= 0.6 is 0 Å². The molecule has 0 N–H and O–H groups in total. The van der Waals surface area contributed by atoms with Crippen LogP contribution in [0.3, 0.4) is 0 Å². The number of halogens is 1. The zero-order valence-electron chi connectivity index (χ0n) is 15.7. The van der Waals surface area contributed by atoms with Gasteiger partial charge in [0.15, 0.2) is 0 Å². The first kappa shape index (κ1) is 19.1. The highest BCUT2D eigenvalue weighted by Gasteiger charge is 2.10. The molecule has 0 aliphatic heterocycles. The quantitative estimate of drug-likeness (QED) is 0.395. The average Bonchev–Trinajstić information content (AvgIpc) is 3.18. The van der Waals surface area contributed by atoms with Crippen molar-refractivity contribution in [1.29, 1.82) is 0 Å². The van der Waals surface area contributed by atoms with Gasteiger partial charge in [0.2, 0.25) is 11.8 Å². The van der Waals surface area contributed by atoms with Gasteiger partial charge in [-0.25, -0.2) is 4.39 Å². The Morgan fingerprint density at radius 2 is 1.33 bits per heavy atom. The fourth-order valence-electron chi connectivity index (χ4n) is 2.82. The first-order valence-electron chi connectivity index (χ1n) is 9.59. The summed E-state index contributed by atoms with van der Waals surface area (Å²) in [7, 11) is 0. The van der Waals surface area contributed by atoms with Crippen molar-refractivity contribution >= 4 is 0 Å². The minimum Gasteiger partial charge on any atom is -0.494 e. The molecule has 0 amide bonds. The largest absolute Gasteiger partial charge is 0.494 e. The van der Waals surface area contributed by atoms with E-state index in [1.807, 2.05) is 24.3 Å². The van der Waals surface area contributed by atoms with Crippen molar-refractivity contribution in [2.75, 3.05) is 6.61 Å². The standard InChI is InChI=1S/C22H25FN2O2/c1-2-3-4-5-6-7-16-26-20-14-10-18(11-15-20)22-25-24-21(27-22)17-8-12-19(23)13-9-17/h8-15H,2-7,16H2,1H3. The van der Waals surface area contributed by atoms with Gasteiger partial charge in [-0.15, -0.1) is 10.2 Å². The number of unbranched alkanes of at least 4 members (excludes halogenated alkanes) is 5. The third-order valence-electron chi connectivity index (χ3n) is 4.38. The molecule has 5 heteroatoms. The lowest BCUT2D eigenvalue weighted by molar-refractivity contribution is 0.304. The highest BCUT2D eigenvalue weighted by Crippen LogP contribution is 2.25. The molecule has 0 aliphatic rings. The number of hydrogen-bond donors (Lipinski definition) is 0. The molecular formula is C22H25FN2O2. The summed E-state index contributed by atoms with van der Waals surface area (Å²) in [5, 5.41) is 8.11. The Balaban J connectivity index is 1.51. The van der Waals surface area contributed by atoms with Gasteiger partial charge in [0.05, 0.1) is 6.61 Å². The molecule has 0 unspecified atom stereocenters. The molecule has 0 saturated heterocycles. The van der Waals surface area contributed by atoms with Gasteiger partial charge in [0, 0.05) is 11.1 Å². The van der Waals surface area contributed by atoms with Crippen molar-refractivity contribution in [2.45, 2.75) is 45.4 Å². The van der Waals surface area contributed by atoms with E-state index in [1.165, 1.54) is 44.2 Å². The van der Waals surface area contributed by atoms with Gasteiger partial charge in [-0.05, 0) is 55.0 Å². The minimum atomic E-state index is -0.296. The normalized spacial score (nSPS) is 10.9. The van der Waals surface area contributed by atoms with Crippen LogP contribution in [0, 0.1) is 5.82 Å². The molecule has 3 aromatic rings. The van der Waals surface area contributed by atoms with Gasteiger partial charge < -0.3 is 9.15 Å². The maximum atomic E-state index is 13.0. The number of aromatic nitrogens is 2. The minimum absolute atomic E-state index is 0.296. The lowest BCUT2D eigenvalue weighted by Gasteiger charge is -2.06. The fraction of sp³-hybridized carbons (Fsp3) is 0.364. The van der Waals surface area contributed by atoms with Crippen LogP contribution in [0.4, 0.5) is 4.39 Å². The Bertz CT molecular complexity index is 813. The maximum Gasteiger partial charge on any atom is 0.248 e. The number of rotatable bonds is 10. The van der Waals surface area contributed by atoms with Crippen LogP contribution in [0.5, 0.6) is 5.75 Å². The zero-order valence-corrected chi connectivity index (χ0v) is 15.7. The van der Waals surface area contributed by atoms with E-state index in [0.717, 1.165) is 24.3 Å². The molecule has 3 rings (SSSR count). The Hall–Kier alpha value is -2.69. The smallest absolute Gasteiger partial charge is 0.248 e. The fourth-order valence-corrected chi connectivity index (χ4v) is 2.82. The van der Waals surface area contributed by atoms with E-state index in [1.54, 1.807) is 12.1 Å². The second-order valence-electron chi connectivity index (χ2n) is 6.56. The van der Waals surface area contributed by atoms with Crippen LogP contribution in [-0.4, -0.2) is 16.8 Å². The molecule has 0 radical (unpaired) electrons. The van der Waals surface area contributed by atoms with Crippen molar-refractivity contribution < 1.29 is 13.5 Å². The summed E-state index contributed by atoms with van der Waals surface area (Å²) >= 11 is 0. The molecule has 4 nitrogen and oxygen atoms in total. The Morgan fingerprint density at radius 3 is 1.96 bits per heavy atom. The summed E-state index contributed by atoms with van der Waals surface area (Å²) in [6.45, 7) is 2.96. The molecule has 0 saturated carbocycles. The third-order valence-corrected chi connectivity index (χ3v) is 4.38. The highest BCUT2D eigenvalue weighted by molar-refractivity contribution is 5.58. The topological polar surface area (TPSA) is 48.2 Å². The summed E-state index contributed by atoms with van der Waals surface area (Å²) in [6.07, 6.45) is 7.48. The van der Waals surface area contributed by atoms with Crippen molar-refractivity contribution in [3.8, 4) is 28.7 Å². The lowest BCUT2D eigenvalue weighted by Crippen LogP contribution is -1.97. The SMILES string of the molecule is CCCCCCCCOc1ccc(-c2nnc(-c3ccc(F)cc3)o2)cc1. The van der Waals surface area contributed by atoms with Gasteiger partial charge in [-0.2, -0.15) is 0 Å². The summed E-state index contributed by atoms with van der Waals surface area (Å²) in [6, 6.07) is 13.6. The highest BCUT2D eigenvalue weighted by atomic mass is 19.1. The lowest BCUT2D eigenvalue weighted by atomic mass is 10.1. The molecule has 0 fully saturated rings. The van der Waals surface area contributed by atoms with Crippen molar-refractivity contribution in [3.63, 3.8) is 0 Å². The van der Waals surface area contributed by atoms with Crippen LogP contribution in [0.25, 0.3) is 22.9 Å². The summed E-state index contributed by atoms with van der Waals surface area (Å²) in [5.41, 5.74) is 1.51. The second-order valence-corrected chi connectivity index (χ2v) is 6.56. The number of nitrogens with zero attached hydrogens (tertiary/aromatic N) is 2. The van der Waals surface area contributed by atoms with Gasteiger partial charge in [0.1, 0.15) is 11.6 Å². The Kier molecular flexibility index (Phi) is 6.97. The van der Waals surface area contributed by atoms with Crippen LogP contribution in [0.15, 0.2) is 52.9 Å². The zero-order chi connectivity index (χ0) is 18.9. The molecule has 0 atom stereocenters. The van der Waals surface area contributed by atoms with E-state index in [4.69, 9.17) is 9.15 Å². The summed E-state index contributed by atoms with van der Waals surface area (Å²) < 4.78 is 24.5. The molecular weight excluding hydrogens is 343 g/mol. The molecule has 1 aromatic heterocycles. The molecule has 0 aliphatic carbocycles. The molecule has 1 heterocycles. The van der Waals surface area contributed by atoms with Crippen molar-refractivity contribution in [3.05, 3.63) is 54.3 Å². The van der Waals surface area contributed by atoms with Crippen LogP contribution in [0.2, 0.25) is 0 Å².